The summed E-state index contributed by atoms with van der Waals surface area (Å²) in [4.78, 5) is 15.1. The molecule has 1 aromatic rings. The minimum atomic E-state index is -0.225. The summed E-state index contributed by atoms with van der Waals surface area (Å²) in [6.45, 7) is 8.10. The van der Waals surface area contributed by atoms with E-state index in [1.54, 1.807) is 21.3 Å². The van der Waals surface area contributed by atoms with E-state index in [9.17, 15) is 4.79 Å². The van der Waals surface area contributed by atoms with E-state index in [1.165, 1.54) is 0 Å². The minimum Gasteiger partial charge on any atom is -0.493 e. The summed E-state index contributed by atoms with van der Waals surface area (Å²) in [5.74, 6) is 1.48. The first-order valence-electron chi connectivity index (χ1n) is 10.5. The van der Waals surface area contributed by atoms with Crippen molar-refractivity contribution in [3.8, 4) is 17.2 Å². The van der Waals surface area contributed by atoms with Crippen molar-refractivity contribution in [1.29, 1.82) is 0 Å². The zero-order chi connectivity index (χ0) is 22.3. The second kappa shape index (κ2) is 11.2. The molecule has 0 spiro atoms. The van der Waals surface area contributed by atoms with Crippen LogP contribution in [0.2, 0.25) is 0 Å². The van der Waals surface area contributed by atoms with E-state index in [2.05, 4.69) is 22.5 Å². The molecule has 168 valence electrons. The smallest absolute Gasteiger partial charge is 0.225 e. The topological polar surface area (TPSA) is 72.1 Å². The molecule has 1 saturated heterocycles. The number of carbonyl (C=O) groups is 1. The fraction of sp³-hybridized carbons (Fsp3) is 0.636. The van der Waals surface area contributed by atoms with Gasteiger partial charge in [-0.3, -0.25) is 4.79 Å². The van der Waals surface area contributed by atoms with Crippen LogP contribution in [0.3, 0.4) is 0 Å². The van der Waals surface area contributed by atoms with E-state index in [0.717, 1.165) is 18.4 Å². The summed E-state index contributed by atoms with van der Waals surface area (Å²) >= 11 is 5.59. The van der Waals surface area contributed by atoms with Crippen LogP contribution in [0.5, 0.6) is 17.2 Å². The van der Waals surface area contributed by atoms with Crippen LogP contribution in [-0.2, 0) is 4.79 Å². The summed E-state index contributed by atoms with van der Waals surface area (Å²) in [5, 5.41) is 7.05. The highest BCUT2D eigenvalue weighted by Gasteiger charge is 2.40. The largest absolute Gasteiger partial charge is 0.493 e. The number of nitrogens with one attached hydrogen (secondary N) is 2. The Morgan fingerprint density at radius 3 is 2.30 bits per heavy atom. The van der Waals surface area contributed by atoms with E-state index in [-0.39, 0.29) is 23.8 Å². The summed E-state index contributed by atoms with van der Waals surface area (Å²) in [6, 6.07) is 4.09. The lowest BCUT2D eigenvalue weighted by Crippen LogP contribution is -2.42. The number of methoxy groups -OCH3 is 3. The molecular formula is C22H35N3O4S. The van der Waals surface area contributed by atoms with Crippen LogP contribution in [0.4, 0.5) is 0 Å². The number of hydrogen-bond acceptors (Lipinski definition) is 5. The fourth-order valence-electron chi connectivity index (χ4n) is 3.75. The maximum Gasteiger partial charge on any atom is 0.225 e. The number of thiocarbonyl (C=S) groups is 1. The van der Waals surface area contributed by atoms with Crippen molar-refractivity contribution in [3.63, 3.8) is 0 Å². The Bertz CT molecular complexity index is 716. The van der Waals surface area contributed by atoms with E-state index >= 15 is 0 Å². The Morgan fingerprint density at radius 2 is 1.80 bits per heavy atom. The lowest BCUT2D eigenvalue weighted by molar-refractivity contribution is -0.124. The average Bonchev–Trinajstić information content (AvgIpc) is 3.18. The first-order chi connectivity index (χ1) is 14.4. The molecule has 2 rings (SSSR count). The number of likely N-dealkylation sites (tertiary alicyclic amines) is 1. The molecule has 1 aliphatic rings. The van der Waals surface area contributed by atoms with Gasteiger partial charge in [0.15, 0.2) is 16.6 Å². The van der Waals surface area contributed by atoms with Gasteiger partial charge in [-0.1, -0.05) is 13.3 Å². The van der Waals surface area contributed by atoms with Gasteiger partial charge in [0, 0.05) is 31.6 Å². The molecule has 0 radical (unpaired) electrons. The van der Waals surface area contributed by atoms with E-state index < -0.39 is 0 Å². The monoisotopic (exact) mass is 437 g/mol. The standard InChI is InChI=1S/C22H35N3O4S/c1-7-8-9-23-21(26)17-13-25(22(30)24-14(2)3)12-16(17)15-10-18(27-4)20(29-6)19(11-15)28-5/h10-11,14,16-17H,7-9,12-13H2,1-6H3,(H,23,26)(H,24,30)/t16-,17+/m1/s1. The average molecular weight is 438 g/mol. The minimum absolute atomic E-state index is 0.0488. The van der Waals surface area contributed by atoms with Crippen LogP contribution in [0.25, 0.3) is 0 Å². The molecule has 0 aliphatic carbocycles. The Morgan fingerprint density at radius 1 is 1.17 bits per heavy atom. The van der Waals surface area contributed by atoms with Crippen LogP contribution in [0, 0.1) is 5.92 Å². The van der Waals surface area contributed by atoms with Gasteiger partial charge in [-0.05, 0) is 50.2 Å². The number of ether oxygens (including phenoxy) is 3. The maximum absolute atomic E-state index is 13.0. The van der Waals surface area contributed by atoms with Gasteiger partial charge in [0.2, 0.25) is 11.7 Å². The third-order valence-electron chi connectivity index (χ3n) is 5.30. The molecular weight excluding hydrogens is 402 g/mol. The molecule has 8 heteroatoms. The molecule has 1 aromatic carbocycles. The third kappa shape index (κ3) is 5.68. The number of hydrogen-bond donors (Lipinski definition) is 2. The predicted octanol–water partition coefficient (Wildman–Crippen LogP) is 2.93. The molecule has 30 heavy (non-hydrogen) atoms. The highest BCUT2D eigenvalue weighted by molar-refractivity contribution is 7.80. The van der Waals surface area contributed by atoms with E-state index in [4.69, 9.17) is 26.4 Å². The second-order valence-corrected chi connectivity index (χ2v) is 8.21. The van der Waals surface area contributed by atoms with Crippen molar-refractivity contribution in [3.05, 3.63) is 17.7 Å². The highest BCUT2D eigenvalue weighted by atomic mass is 32.1. The summed E-state index contributed by atoms with van der Waals surface area (Å²) < 4.78 is 16.5. The molecule has 0 unspecified atom stereocenters. The summed E-state index contributed by atoms with van der Waals surface area (Å²) in [5.41, 5.74) is 0.968. The van der Waals surface area contributed by atoms with Crippen molar-refractivity contribution < 1.29 is 19.0 Å². The van der Waals surface area contributed by atoms with Gasteiger partial charge >= 0.3 is 0 Å². The highest BCUT2D eigenvalue weighted by Crippen LogP contribution is 2.43. The molecule has 0 aromatic heterocycles. The summed E-state index contributed by atoms with van der Waals surface area (Å²) in [7, 11) is 4.77. The number of rotatable bonds is 9. The normalized spacial score (nSPS) is 18.3. The number of nitrogens with zero attached hydrogens (tertiary/aromatic N) is 1. The quantitative estimate of drug-likeness (QED) is 0.455. The number of carbonyl (C=O) groups excluding carboxylic acids is 1. The van der Waals surface area contributed by atoms with Gasteiger partial charge in [0.25, 0.3) is 0 Å². The first kappa shape index (κ1) is 24.1. The SMILES string of the molecule is CCCCNC(=O)[C@H]1CN(C(=S)NC(C)C)C[C@@H]1c1cc(OC)c(OC)c(OC)c1. The van der Waals surface area contributed by atoms with E-state index in [0.29, 0.717) is 42.0 Å². The van der Waals surface area contributed by atoms with Crippen molar-refractivity contribution in [2.75, 3.05) is 41.0 Å². The fourth-order valence-corrected chi connectivity index (χ4v) is 4.13. The lowest BCUT2D eigenvalue weighted by atomic mass is 9.88. The molecule has 0 saturated carbocycles. The second-order valence-electron chi connectivity index (χ2n) is 7.83. The van der Waals surface area contributed by atoms with Gasteiger partial charge < -0.3 is 29.7 Å². The Balaban J connectivity index is 2.37. The van der Waals surface area contributed by atoms with Crippen LogP contribution < -0.4 is 24.8 Å². The molecule has 2 atom stereocenters. The molecule has 2 N–H and O–H groups in total. The van der Waals surface area contributed by atoms with Crippen LogP contribution >= 0.6 is 12.2 Å². The van der Waals surface area contributed by atoms with Gasteiger partial charge in [0.05, 0.1) is 27.2 Å². The van der Waals surface area contributed by atoms with E-state index in [1.807, 2.05) is 26.0 Å². The van der Waals surface area contributed by atoms with Gasteiger partial charge in [-0.2, -0.15) is 0 Å². The van der Waals surface area contributed by atoms with Gasteiger partial charge in [-0.25, -0.2) is 0 Å². The molecule has 1 fully saturated rings. The molecule has 1 amide bonds. The molecule has 1 heterocycles. The number of unbranched alkanes of at least 4 members (excludes halogenated alkanes) is 1. The first-order valence-corrected chi connectivity index (χ1v) is 10.9. The maximum atomic E-state index is 13.0. The number of amides is 1. The lowest BCUT2D eigenvalue weighted by Gasteiger charge is -2.22. The van der Waals surface area contributed by atoms with Crippen molar-refractivity contribution >= 4 is 23.2 Å². The molecule has 0 bridgehead atoms. The third-order valence-corrected chi connectivity index (χ3v) is 5.68. The van der Waals surface area contributed by atoms with Gasteiger partial charge in [0.1, 0.15) is 0 Å². The number of benzene rings is 1. The van der Waals surface area contributed by atoms with Crippen molar-refractivity contribution in [2.24, 2.45) is 5.92 Å². The molecule has 1 aliphatic heterocycles. The van der Waals surface area contributed by atoms with Gasteiger partial charge in [-0.15, -0.1) is 0 Å². The van der Waals surface area contributed by atoms with Crippen LogP contribution in [-0.4, -0.2) is 62.9 Å². The zero-order valence-electron chi connectivity index (χ0n) is 18.9. The van der Waals surface area contributed by atoms with Crippen molar-refractivity contribution in [1.82, 2.24) is 15.5 Å². The zero-order valence-corrected chi connectivity index (χ0v) is 19.7. The Labute approximate surface area is 185 Å². The molecule has 7 nitrogen and oxygen atoms in total. The summed E-state index contributed by atoms with van der Waals surface area (Å²) in [6.07, 6.45) is 2.00. The Kier molecular flexibility index (Phi) is 9.02. The predicted molar refractivity (Wildman–Crippen MR) is 123 cm³/mol. The Hall–Kier alpha value is -2.22. The van der Waals surface area contributed by atoms with Crippen LogP contribution in [0.15, 0.2) is 12.1 Å². The van der Waals surface area contributed by atoms with Crippen LogP contribution in [0.1, 0.15) is 45.1 Å². The van der Waals surface area contributed by atoms with Crippen molar-refractivity contribution in [2.45, 2.75) is 45.6 Å².